The molecule has 2 saturated carbocycles. The van der Waals surface area contributed by atoms with Crippen LogP contribution in [0.3, 0.4) is 0 Å². The first kappa shape index (κ1) is 8.49. The highest BCUT2D eigenvalue weighted by atomic mass is 35.5. The summed E-state index contributed by atoms with van der Waals surface area (Å²) in [5.74, 6) is 0.380. The molecule has 0 saturated heterocycles. The minimum absolute atomic E-state index is 0.380. The quantitative estimate of drug-likeness (QED) is 0.371. The van der Waals surface area contributed by atoms with Crippen molar-refractivity contribution >= 4 is 11.6 Å². The van der Waals surface area contributed by atoms with Crippen molar-refractivity contribution in [3.63, 3.8) is 0 Å². The molecular formula is C9H14ClNO. The van der Waals surface area contributed by atoms with E-state index in [1.807, 2.05) is 0 Å². The molecule has 0 aromatic rings. The van der Waals surface area contributed by atoms with Crippen molar-refractivity contribution in [1.29, 1.82) is 0 Å². The molecule has 2 atom stereocenters. The molecule has 2 unspecified atom stereocenters. The fourth-order valence-electron chi connectivity index (χ4n) is 2.62. The number of nitroso groups, excluding NO2 is 1. The molecule has 0 N–H and O–H groups in total. The van der Waals surface area contributed by atoms with E-state index >= 15 is 0 Å². The molecule has 0 radical (unpaired) electrons. The lowest BCUT2D eigenvalue weighted by Gasteiger charge is -2.31. The second-order valence-corrected chi connectivity index (χ2v) is 4.64. The Morgan fingerprint density at radius 1 is 1.33 bits per heavy atom. The molecule has 0 aromatic carbocycles. The van der Waals surface area contributed by atoms with Gasteiger partial charge in [-0.05, 0) is 36.3 Å². The van der Waals surface area contributed by atoms with Crippen LogP contribution in [0.15, 0.2) is 5.18 Å². The molecule has 2 nitrogen and oxygen atoms in total. The molecule has 2 aliphatic rings. The van der Waals surface area contributed by atoms with Gasteiger partial charge >= 0.3 is 0 Å². The lowest BCUT2D eigenvalue weighted by Crippen LogP contribution is -2.27. The molecule has 0 bridgehead atoms. The summed E-state index contributed by atoms with van der Waals surface area (Å²) < 4.78 is 0. The first-order valence-corrected chi connectivity index (χ1v) is 5.19. The average Bonchev–Trinajstić information content (AvgIpc) is 2.85. The van der Waals surface area contributed by atoms with Crippen LogP contribution >= 0.6 is 11.6 Å². The third-order valence-corrected chi connectivity index (χ3v) is 3.94. The number of halogens is 1. The molecular weight excluding hydrogens is 174 g/mol. The number of rotatable bonds is 2. The van der Waals surface area contributed by atoms with Crippen molar-refractivity contribution in [2.45, 2.75) is 44.0 Å². The van der Waals surface area contributed by atoms with E-state index in [4.69, 9.17) is 11.6 Å². The van der Waals surface area contributed by atoms with Crippen LogP contribution < -0.4 is 0 Å². The minimum Gasteiger partial charge on any atom is -0.149 e. The summed E-state index contributed by atoms with van der Waals surface area (Å²) in [4.78, 5) is 10.3. The van der Waals surface area contributed by atoms with E-state index in [0.717, 1.165) is 6.42 Å². The van der Waals surface area contributed by atoms with Crippen LogP contribution in [0.2, 0.25) is 0 Å². The molecule has 0 amide bonds. The molecule has 1 spiro atoms. The van der Waals surface area contributed by atoms with Crippen molar-refractivity contribution in [3.8, 4) is 0 Å². The fourth-order valence-corrected chi connectivity index (χ4v) is 3.01. The van der Waals surface area contributed by atoms with Gasteiger partial charge in [0.05, 0.1) is 0 Å². The Morgan fingerprint density at radius 2 is 2.08 bits per heavy atom. The van der Waals surface area contributed by atoms with Crippen LogP contribution in [0, 0.1) is 16.2 Å². The zero-order chi connectivity index (χ0) is 8.60. The normalized spacial score (nSPS) is 34.6. The molecule has 2 rings (SSSR count). The zero-order valence-electron chi connectivity index (χ0n) is 7.13. The van der Waals surface area contributed by atoms with E-state index in [9.17, 15) is 4.91 Å². The summed E-state index contributed by atoms with van der Waals surface area (Å²) in [7, 11) is 0. The highest BCUT2D eigenvalue weighted by Crippen LogP contribution is 2.61. The summed E-state index contributed by atoms with van der Waals surface area (Å²) in [6, 6.07) is 0. The smallest absolute Gasteiger partial charge is 0.149 e. The highest BCUT2D eigenvalue weighted by molar-refractivity contribution is 6.20. The van der Waals surface area contributed by atoms with Gasteiger partial charge in [-0.2, -0.15) is 0 Å². The van der Waals surface area contributed by atoms with Gasteiger partial charge in [0.1, 0.15) is 0 Å². The van der Waals surface area contributed by atoms with Crippen LogP contribution in [0.4, 0.5) is 0 Å². The van der Waals surface area contributed by atoms with E-state index < -0.39 is 5.50 Å². The highest BCUT2D eigenvalue weighted by Gasteiger charge is 2.52. The predicted octanol–water partition coefficient (Wildman–Crippen LogP) is 3.29. The fraction of sp³-hybridized carbons (Fsp3) is 1.00. The summed E-state index contributed by atoms with van der Waals surface area (Å²) >= 11 is 5.89. The Kier molecular flexibility index (Phi) is 2.11. The molecule has 0 aromatic heterocycles. The Bertz CT molecular complexity index is 191. The molecule has 0 heterocycles. The maximum atomic E-state index is 10.3. The van der Waals surface area contributed by atoms with Crippen molar-refractivity contribution in [2.75, 3.05) is 0 Å². The first-order valence-electron chi connectivity index (χ1n) is 4.75. The van der Waals surface area contributed by atoms with E-state index in [-0.39, 0.29) is 0 Å². The maximum Gasteiger partial charge on any atom is 0.168 e. The van der Waals surface area contributed by atoms with Gasteiger partial charge in [0.2, 0.25) is 0 Å². The standard InChI is InChI=1S/C9H14ClNO/c10-8(11-12)7-3-1-2-4-9(7)5-6-9/h7-8H,1-6H2. The van der Waals surface area contributed by atoms with Crippen LogP contribution in [0.5, 0.6) is 0 Å². The van der Waals surface area contributed by atoms with Gasteiger partial charge in [0.15, 0.2) is 5.50 Å². The summed E-state index contributed by atoms with van der Waals surface area (Å²) in [5, 5.41) is 2.96. The summed E-state index contributed by atoms with van der Waals surface area (Å²) in [5.41, 5.74) is -0.0220. The summed E-state index contributed by atoms with van der Waals surface area (Å²) in [6.45, 7) is 0. The molecule has 12 heavy (non-hydrogen) atoms. The van der Waals surface area contributed by atoms with Crippen LogP contribution in [-0.2, 0) is 0 Å². The van der Waals surface area contributed by atoms with Gasteiger partial charge < -0.3 is 0 Å². The number of hydrogen-bond acceptors (Lipinski definition) is 2. The van der Waals surface area contributed by atoms with Crippen LogP contribution in [-0.4, -0.2) is 5.50 Å². The van der Waals surface area contributed by atoms with Crippen molar-refractivity contribution < 1.29 is 0 Å². The van der Waals surface area contributed by atoms with Crippen molar-refractivity contribution in [3.05, 3.63) is 4.91 Å². The van der Waals surface area contributed by atoms with Gasteiger partial charge in [0, 0.05) is 5.92 Å². The predicted molar refractivity (Wildman–Crippen MR) is 49.1 cm³/mol. The van der Waals surface area contributed by atoms with Crippen molar-refractivity contribution in [2.24, 2.45) is 16.5 Å². The lowest BCUT2D eigenvalue weighted by molar-refractivity contribution is 0.207. The van der Waals surface area contributed by atoms with Gasteiger partial charge in [0.25, 0.3) is 0 Å². The van der Waals surface area contributed by atoms with Gasteiger partial charge in [-0.15, -0.1) is 4.91 Å². The Morgan fingerprint density at radius 3 is 2.67 bits per heavy atom. The molecule has 68 valence electrons. The molecule has 2 fully saturated rings. The van der Waals surface area contributed by atoms with Gasteiger partial charge in [-0.3, -0.25) is 0 Å². The summed E-state index contributed by atoms with van der Waals surface area (Å²) in [6.07, 6.45) is 7.48. The first-order chi connectivity index (χ1) is 5.78. The number of nitrogens with zero attached hydrogens (tertiary/aromatic N) is 1. The minimum atomic E-state index is -0.465. The van der Waals surface area contributed by atoms with E-state index in [1.54, 1.807) is 0 Å². The number of alkyl halides is 1. The van der Waals surface area contributed by atoms with Crippen molar-refractivity contribution in [1.82, 2.24) is 0 Å². The molecule has 3 heteroatoms. The third-order valence-electron chi connectivity index (χ3n) is 3.55. The maximum absolute atomic E-state index is 10.3. The zero-order valence-corrected chi connectivity index (χ0v) is 7.89. The second-order valence-electron chi connectivity index (χ2n) is 4.19. The molecule has 2 aliphatic carbocycles. The SMILES string of the molecule is O=NC(Cl)C1CCCCC12CC2. The third kappa shape index (κ3) is 1.26. The van der Waals surface area contributed by atoms with Gasteiger partial charge in [-0.25, -0.2) is 0 Å². The average molecular weight is 188 g/mol. The Balaban J connectivity index is 2.06. The van der Waals surface area contributed by atoms with Gasteiger partial charge in [-0.1, -0.05) is 24.4 Å². The Labute approximate surface area is 77.6 Å². The van der Waals surface area contributed by atoms with E-state index in [1.165, 1.54) is 32.1 Å². The molecule has 0 aliphatic heterocycles. The largest absolute Gasteiger partial charge is 0.168 e. The van der Waals surface area contributed by atoms with E-state index in [0.29, 0.717) is 11.3 Å². The van der Waals surface area contributed by atoms with E-state index in [2.05, 4.69) is 5.18 Å². The lowest BCUT2D eigenvalue weighted by atomic mass is 9.76. The second kappa shape index (κ2) is 2.99. The Hall–Kier alpha value is -0.110. The monoisotopic (exact) mass is 187 g/mol. The van der Waals surface area contributed by atoms with Crippen LogP contribution in [0.1, 0.15) is 38.5 Å². The topological polar surface area (TPSA) is 29.4 Å². The number of hydrogen-bond donors (Lipinski definition) is 0. The van der Waals surface area contributed by atoms with Crippen LogP contribution in [0.25, 0.3) is 0 Å².